The van der Waals surface area contributed by atoms with E-state index in [4.69, 9.17) is 0 Å². The van der Waals surface area contributed by atoms with E-state index in [1.165, 1.54) is 0 Å². The fourth-order valence-corrected chi connectivity index (χ4v) is 2.30. The minimum absolute atomic E-state index is 0.0485. The predicted octanol–water partition coefficient (Wildman–Crippen LogP) is 1.86. The highest BCUT2D eigenvalue weighted by molar-refractivity contribution is 5.55. The highest BCUT2D eigenvalue weighted by Gasteiger charge is 2.15. The Labute approximate surface area is 117 Å². The van der Waals surface area contributed by atoms with Crippen LogP contribution in [-0.2, 0) is 13.2 Å². The SMILES string of the molecule is CN(Cc1ccccn1)c1nc2ccccn2c1CO. The third-order valence-electron chi connectivity index (χ3n) is 3.24. The van der Waals surface area contributed by atoms with Crippen LogP contribution in [0.2, 0.25) is 0 Å². The Balaban J connectivity index is 1.97. The van der Waals surface area contributed by atoms with Crippen molar-refractivity contribution in [2.24, 2.45) is 0 Å². The fourth-order valence-electron chi connectivity index (χ4n) is 2.30. The summed E-state index contributed by atoms with van der Waals surface area (Å²) in [6.07, 6.45) is 3.69. The van der Waals surface area contributed by atoms with Crippen LogP contribution in [0.5, 0.6) is 0 Å². The molecule has 3 aromatic heterocycles. The summed E-state index contributed by atoms with van der Waals surface area (Å²) < 4.78 is 1.91. The zero-order valence-corrected chi connectivity index (χ0v) is 11.3. The van der Waals surface area contributed by atoms with E-state index < -0.39 is 0 Å². The van der Waals surface area contributed by atoms with Crippen LogP contribution in [0.3, 0.4) is 0 Å². The largest absolute Gasteiger partial charge is 0.390 e. The number of nitrogens with zero attached hydrogens (tertiary/aromatic N) is 4. The molecule has 5 heteroatoms. The average Bonchev–Trinajstić information content (AvgIpc) is 2.87. The standard InChI is InChI=1S/C15H16N4O/c1-18(10-12-6-2-4-8-16-12)15-13(11-20)19-9-5-3-7-14(19)17-15/h2-9,20H,10-11H2,1H3. The number of anilines is 1. The normalized spacial score (nSPS) is 10.9. The molecule has 0 aliphatic rings. The van der Waals surface area contributed by atoms with E-state index in [2.05, 4.69) is 9.97 Å². The summed E-state index contributed by atoms with van der Waals surface area (Å²) in [6, 6.07) is 11.6. The Morgan fingerprint density at radius 3 is 2.80 bits per heavy atom. The zero-order valence-electron chi connectivity index (χ0n) is 11.3. The molecule has 1 N–H and O–H groups in total. The molecule has 0 spiro atoms. The molecule has 3 rings (SSSR count). The molecular formula is C15H16N4O. The molecule has 0 aromatic carbocycles. The van der Waals surface area contributed by atoms with E-state index in [-0.39, 0.29) is 6.61 Å². The van der Waals surface area contributed by atoms with Gasteiger partial charge in [0.1, 0.15) is 5.65 Å². The first-order valence-corrected chi connectivity index (χ1v) is 6.47. The van der Waals surface area contributed by atoms with Crippen molar-refractivity contribution in [2.45, 2.75) is 13.2 Å². The lowest BCUT2D eigenvalue weighted by molar-refractivity contribution is 0.276. The van der Waals surface area contributed by atoms with E-state index in [1.807, 2.05) is 58.9 Å². The molecule has 0 fully saturated rings. The molecule has 0 aliphatic carbocycles. The number of aliphatic hydroxyl groups is 1. The molecule has 0 bridgehead atoms. The summed E-state index contributed by atoms with van der Waals surface area (Å²) in [7, 11) is 1.95. The molecule has 0 aliphatic heterocycles. The van der Waals surface area contributed by atoms with Crippen molar-refractivity contribution in [3.8, 4) is 0 Å². The number of pyridine rings is 2. The van der Waals surface area contributed by atoms with Crippen molar-refractivity contribution in [1.29, 1.82) is 0 Å². The van der Waals surface area contributed by atoms with Gasteiger partial charge in [0, 0.05) is 19.4 Å². The van der Waals surface area contributed by atoms with Crippen molar-refractivity contribution in [1.82, 2.24) is 14.4 Å². The highest BCUT2D eigenvalue weighted by Crippen LogP contribution is 2.21. The molecular weight excluding hydrogens is 252 g/mol. The van der Waals surface area contributed by atoms with Crippen molar-refractivity contribution < 1.29 is 5.11 Å². The molecule has 102 valence electrons. The van der Waals surface area contributed by atoms with E-state index in [1.54, 1.807) is 6.20 Å². The van der Waals surface area contributed by atoms with Gasteiger partial charge in [-0.3, -0.25) is 9.38 Å². The number of fused-ring (bicyclic) bond motifs is 1. The van der Waals surface area contributed by atoms with Crippen LogP contribution in [0.15, 0.2) is 48.8 Å². The minimum atomic E-state index is -0.0485. The topological polar surface area (TPSA) is 53.7 Å². The van der Waals surface area contributed by atoms with Gasteiger partial charge in [0.15, 0.2) is 5.82 Å². The second kappa shape index (κ2) is 5.30. The second-order valence-corrected chi connectivity index (χ2v) is 4.65. The van der Waals surface area contributed by atoms with E-state index in [0.29, 0.717) is 6.54 Å². The Kier molecular flexibility index (Phi) is 3.35. The Morgan fingerprint density at radius 2 is 2.05 bits per heavy atom. The van der Waals surface area contributed by atoms with E-state index in [9.17, 15) is 5.11 Å². The molecule has 3 aromatic rings. The maximum atomic E-state index is 9.62. The molecule has 0 saturated heterocycles. The van der Waals surface area contributed by atoms with Gasteiger partial charge < -0.3 is 10.0 Å². The third-order valence-corrected chi connectivity index (χ3v) is 3.24. The number of hydrogen-bond donors (Lipinski definition) is 1. The van der Waals surface area contributed by atoms with Crippen LogP contribution in [0.4, 0.5) is 5.82 Å². The maximum Gasteiger partial charge on any atom is 0.153 e. The first kappa shape index (κ1) is 12.6. The molecule has 0 unspecified atom stereocenters. The molecule has 20 heavy (non-hydrogen) atoms. The van der Waals surface area contributed by atoms with Gasteiger partial charge in [-0.1, -0.05) is 12.1 Å². The van der Waals surface area contributed by atoms with Gasteiger partial charge in [0.25, 0.3) is 0 Å². The molecule has 0 atom stereocenters. The summed E-state index contributed by atoms with van der Waals surface area (Å²) in [6.45, 7) is 0.602. The number of rotatable bonds is 4. The molecule has 0 amide bonds. The van der Waals surface area contributed by atoms with Crippen molar-refractivity contribution in [3.05, 3.63) is 60.2 Å². The summed E-state index contributed by atoms with van der Waals surface area (Å²) >= 11 is 0. The van der Waals surface area contributed by atoms with Gasteiger partial charge in [-0.2, -0.15) is 0 Å². The minimum Gasteiger partial charge on any atom is -0.390 e. The van der Waals surface area contributed by atoms with Crippen LogP contribution < -0.4 is 4.90 Å². The Hall–Kier alpha value is -2.40. The van der Waals surface area contributed by atoms with Crippen LogP contribution in [0.25, 0.3) is 5.65 Å². The van der Waals surface area contributed by atoms with Gasteiger partial charge in [-0.15, -0.1) is 0 Å². The fraction of sp³-hybridized carbons (Fsp3) is 0.200. The van der Waals surface area contributed by atoms with Crippen LogP contribution in [0, 0.1) is 0 Å². The quantitative estimate of drug-likeness (QED) is 0.784. The van der Waals surface area contributed by atoms with Gasteiger partial charge in [0.05, 0.1) is 24.5 Å². The van der Waals surface area contributed by atoms with Crippen LogP contribution in [0.1, 0.15) is 11.4 Å². The molecule has 0 saturated carbocycles. The Bertz CT molecular complexity index is 708. The van der Waals surface area contributed by atoms with Gasteiger partial charge in [-0.05, 0) is 24.3 Å². The van der Waals surface area contributed by atoms with Gasteiger partial charge >= 0.3 is 0 Å². The van der Waals surface area contributed by atoms with Crippen molar-refractivity contribution in [3.63, 3.8) is 0 Å². The number of aliphatic hydroxyl groups excluding tert-OH is 1. The summed E-state index contributed by atoms with van der Waals surface area (Å²) in [5.41, 5.74) is 2.59. The van der Waals surface area contributed by atoms with Gasteiger partial charge in [-0.25, -0.2) is 4.98 Å². The molecule has 3 heterocycles. The third kappa shape index (κ3) is 2.23. The lowest BCUT2D eigenvalue weighted by Gasteiger charge is -2.17. The Morgan fingerprint density at radius 1 is 1.20 bits per heavy atom. The zero-order chi connectivity index (χ0) is 13.9. The summed E-state index contributed by atoms with van der Waals surface area (Å²) in [5, 5.41) is 9.62. The average molecular weight is 268 g/mol. The monoisotopic (exact) mass is 268 g/mol. The predicted molar refractivity (Wildman–Crippen MR) is 77.5 cm³/mol. The van der Waals surface area contributed by atoms with Crippen molar-refractivity contribution in [2.75, 3.05) is 11.9 Å². The summed E-state index contributed by atoms with van der Waals surface area (Å²) in [4.78, 5) is 10.9. The summed E-state index contributed by atoms with van der Waals surface area (Å²) in [5.74, 6) is 0.782. The lowest BCUT2D eigenvalue weighted by atomic mass is 10.3. The molecule has 0 radical (unpaired) electrons. The highest BCUT2D eigenvalue weighted by atomic mass is 16.3. The number of hydrogen-bond acceptors (Lipinski definition) is 4. The number of imidazole rings is 1. The lowest BCUT2D eigenvalue weighted by Crippen LogP contribution is -2.19. The van der Waals surface area contributed by atoms with E-state index in [0.717, 1.165) is 22.9 Å². The smallest absolute Gasteiger partial charge is 0.153 e. The maximum absolute atomic E-state index is 9.62. The van der Waals surface area contributed by atoms with Crippen LogP contribution >= 0.6 is 0 Å². The van der Waals surface area contributed by atoms with E-state index >= 15 is 0 Å². The number of aromatic nitrogens is 3. The van der Waals surface area contributed by atoms with Crippen molar-refractivity contribution >= 4 is 11.5 Å². The molecule has 5 nitrogen and oxygen atoms in total. The first-order valence-electron chi connectivity index (χ1n) is 6.47. The first-order chi connectivity index (χ1) is 9.79. The second-order valence-electron chi connectivity index (χ2n) is 4.65. The van der Waals surface area contributed by atoms with Gasteiger partial charge in [0.2, 0.25) is 0 Å². The van der Waals surface area contributed by atoms with Crippen LogP contribution in [-0.4, -0.2) is 26.5 Å².